The molecule has 0 fully saturated rings. The van der Waals surface area contributed by atoms with E-state index in [1.165, 1.54) is 0 Å². The highest BCUT2D eigenvalue weighted by atomic mass is 127. The van der Waals surface area contributed by atoms with Gasteiger partial charge in [-0.2, -0.15) is 0 Å². The molecule has 0 spiro atoms. The predicted octanol–water partition coefficient (Wildman–Crippen LogP) is 3.04. The van der Waals surface area contributed by atoms with Gasteiger partial charge in [-0.15, -0.1) is 24.0 Å². The molecule has 29 heavy (non-hydrogen) atoms. The Bertz CT molecular complexity index is 717. The first-order valence-corrected chi connectivity index (χ1v) is 9.42. The van der Waals surface area contributed by atoms with Crippen LogP contribution >= 0.6 is 24.0 Å². The fourth-order valence-electron chi connectivity index (χ4n) is 2.57. The summed E-state index contributed by atoms with van der Waals surface area (Å²) in [5.74, 6) is 2.24. The van der Waals surface area contributed by atoms with Crippen LogP contribution in [0.5, 0.6) is 11.5 Å². The number of aliphatic imine (C=N–C) groups is 1. The second-order valence-electron chi connectivity index (χ2n) is 8.30. The van der Waals surface area contributed by atoms with E-state index >= 15 is 0 Å². The van der Waals surface area contributed by atoms with Crippen LogP contribution in [0.3, 0.4) is 0 Å². The first-order chi connectivity index (χ1) is 13.1. The average Bonchev–Trinajstić information content (AvgIpc) is 3.03. The Balaban J connectivity index is 0.00000420. The fourth-order valence-corrected chi connectivity index (χ4v) is 2.57. The summed E-state index contributed by atoms with van der Waals surface area (Å²) >= 11 is 0. The predicted molar refractivity (Wildman–Crippen MR) is 124 cm³/mol. The van der Waals surface area contributed by atoms with Crippen LogP contribution in [0.25, 0.3) is 0 Å². The first-order valence-electron chi connectivity index (χ1n) is 9.42. The number of carbonyl (C=O) groups excluding carboxylic acids is 1. The molecule has 1 aromatic rings. The van der Waals surface area contributed by atoms with Crippen molar-refractivity contribution in [2.24, 2.45) is 4.99 Å². The molecular weight excluding hydrogens is 487 g/mol. The summed E-state index contributed by atoms with van der Waals surface area (Å²) in [6.45, 7) is 10.8. The zero-order chi connectivity index (χ0) is 20.8. The monoisotopic (exact) mass is 520 g/mol. The Morgan fingerprint density at radius 2 is 1.83 bits per heavy atom. The minimum Gasteiger partial charge on any atom is -0.454 e. The lowest BCUT2D eigenvalue weighted by molar-refractivity contribution is 0.0474. The Kier molecular flexibility index (Phi) is 9.31. The highest BCUT2D eigenvalue weighted by Gasteiger charge is 2.24. The maximum atomic E-state index is 12.0. The molecule has 1 aromatic carbocycles. The van der Waals surface area contributed by atoms with Crippen LogP contribution in [-0.2, 0) is 11.2 Å². The maximum absolute atomic E-state index is 12.0. The van der Waals surface area contributed by atoms with Crippen molar-refractivity contribution in [1.82, 2.24) is 16.0 Å². The molecule has 0 unspecified atom stereocenters. The maximum Gasteiger partial charge on any atom is 0.408 e. The van der Waals surface area contributed by atoms with Gasteiger partial charge in [-0.05, 0) is 58.7 Å². The summed E-state index contributed by atoms with van der Waals surface area (Å²) in [4.78, 5) is 16.2. The number of benzene rings is 1. The number of hydrogen-bond acceptors (Lipinski definition) is 5. The Hall–Kier alpha value is -1.91. The number of fused-ring (bicyclic) bond motifs is 1. The van der Waals surface area contributed by atoms with Crippen LogP contribution in [0, 0.1) is 0 Å². The van der Waals surface area contributed by atoms with Gasteiger partial charge in [0.1, 0.15) is 5.60 Å². The highest BCUT2D eigenvalue weighted by Crippen LogP contribution is 2.32. The minimum atomic E-state index is -0.528. The van der Waals surface area contributed by atoms with E-state index in [9.17, 15) is 4.79 Å². The SMILES string of the molecule is CN=C(NCCc1ccc2c(c1)OCO2)NCC(C)(C)NC(=O)OC(C)(C)C.I. The number of alkyl carbamates (subject to hydrolysis) is 1. The Labute approximate surface area is 190 Å². The average molecular weight is 520 g/mol. The molecule has 0 bridgehead atoms. The quantitative estimate of drug-likeness (QED) is 0.304. The van der Waals surface area contributed by atoms with E-state index in [0.29, 0.717) is 19.0 Å². The van der Waals surface area contributed by atoms with Crippen LogP contribution < -0.4 is 25.4 Å². The van der Waals surface area contributed by atoms with E-state index in [-0.39, 0.29) is 30.8 Å². The normalized spacial score (nSPS) is 13.4. The van der Waals surface area contributed by atoms with Crippen LogP contribution in [0.15, 0.2) is 23.2 Å². The molecule has 8 nitrogen and oxygen atoms in total. The van der Waals surface area contributed by atoms with Crippen LogP contribution in [0.2, 0.25) is 0 Å². The Morgan fingerprint density at radius 1 is 1.14 bits per heavy atom. The summed E-state index contributed by atoms with van der Waals surface area (Å²) in [6, 6.07) is 5.95. The third-order valence-corrected chi connectivity index (χ3v) is 3.90. The molecule has 2 rings (SSSR count). The molecule has 0 radical (unpaired) electrons. The topological polar surface area (TPSA) is 93.2 Å². The highest BCUT2D eigenvalue weighted by molar-refractivity contribution is 14.0. The second-order valence-corrected chi connectivity index (χ2v) is 8.30. The van der Waals surface area contributed by atoms with Gasteiger partial charge in [-0.3, -0.25) is 4.99 Å². The van der Waals surface area contributed by atoms with Gasteiger partial charge in [0, 0.05) is 20.1 Å². The third-order valence-electron chi connectivity index (χ3n) is 3.90. The molecule has 0 aliphatic carbocycles. The molecule has 0 saturated carbocycles. The number of nitrogens with one attached hydrogen (secondary N) is 3. The number of halogens is 1. The largest absolute Gasteiger partial charge is 0.454 e. The number of guanidine groups is 1. The molecule has 1 aliphatic rings. The van der Waals surface area contributed by atoms with Crippen molar-refractivity contribution >= 4 is 36.0 Å². The Morgan fingerprint density at radius 3 is 2.48 bits per heavy atom. The van der Waals surface area contributed by atoms with Crippen molar-refractivity contribution in [2.75, 3.05) is 26.9 Å². The van der Waals surface area contributed by atoms with E-state index < -0.39 is 17.2 Å². The second kappa shape index (κ2) is 10.7. The van der Waals surface area contributed by atoms with Gasteiger partial charge in [-0.25, -0.2) is 4.79 Å². The molecule has 0 aromatic heterocycles. The molecule has 1 amide bonds. The lowest BCUT2D eigenvalue weighted by Crippen LogP contribution is -2.54. The van der Waals surface area contributed by atoms with E-state index in [1.54, 1.807) is 7.05 Å². The summed E-state index contributed by atoms with van der Waals surface area (Å²) in [6.07, 6.45) is 0.377. The summed E-state index contributed by atoms with van der Waals surface area (Å²) in [5.41, 5.74) is 0.121. The zero-order valence-electron chi connectivity index (χ0n) is 18.0. The van der Waals surface area contributed by atoms with E-state index in [1.807, 2.05) is 52.8 Å². The molecule has 1 heterocycles. The third kappa shape index (κ3) is 8.97. The number of hydrogen-bond donors (Lipinski definition) is 3. The van der Waals surface area contributed by atoms with Gasteiger partial charge in [0.2, 0.25) is 6.79 Å². The molecule has 0 atom stereocenters. The van der Waals surface area contributed by atoms with Crippen molar-refractivity contribution < 1.29 is 19.0 Å². The first kappa shape index (κ1) is 25.1. The number of amides is 1. The minimum absolute atomic E-state index is 0. The van der Waals surface area contributed by atoms with Crippen LogP contribution in [0.4, 0.5) is 4.79 Å². The van der Waals surface area contributed by atoms with Gasteiger partial charge < -0.3 is 30.2 Å². The summed E-state index contributed by atoms with van der Waals surface area (Å²) in [7, 11) is 1.71. The van der Waals surface area contributed by atoms with Crippen molar-refractivity contribution in [3.05, 3.63) is 23.8 Å². The molecule has 0 saturated heterocycles. The molecule has 164 valence electrons. The number of rotatable bonds is 6. The fraction of sp³-hybridized carbons (Fsp3) is 0.600. The molecular formula is C20H33IN4O4. The lowest BCUT2D eigenvalue weighted by atomic mass is 10.1. The molecule has 9 heteroatoms. The van der Waals surface area contributed by atoms with Crippen LogP contribution in [-0.4, -0.2) is 50.1 Å². The summed E-state index contributed by atoms with van der Waals surface area (Å²) in [5, 5.41) is 9.37. The molecule has 3 N–H and O–H groups in total. The van der Waals surface area contributed by atoms with Crippen molar-refractivity contribution in [3.8, 4) is 11.5 Å². The van der Waals surface area contributed by atoms with Gasteiger partial charge >= 0.3 is 6.09 Å². The van der Waals surface area contributed by atoms with E-state index in [0.717, 1.165) is 23.5 Å². The zero-order valence-corrected chi connectivity index (χ0v) is 20.4. The molecule has 1 aliphatic heterocycles. The number of carbonyl (C=O) groups is 1. The van der Waals surface area contributed by atoms with Crippen molar-refractivity contribution in [2.45, 2.75) is 52.2 Å². The van der Waals surface area contributed by atoms with Gasteiger partial charge in [0.05, 0.1) is 5.54 Å². The standard InChI is InChI=1S/C20H32N4O4.HI/c1-19(2,3)28-18(25)24-20(4,5)12-23-17(21-6)22-10-9-14-7-8-15-16(11-14)27-13-26-15;/h7-8,11H,9-10,12-13H2,1-6H3,(H,24,25)(H2,21,22,23);1H. The van der Waals surface area contributed by atoms with Gasteiger partial charge in [0.15, 0.2) is 17.5 Å². The number of nitrogens with zero attached hydrogens (tertiary/aromatic N) is 1. The summed E-state index contributed by atoms with van der Waals surface area (Å²) < 4.78 is 16.0. The van der Waals surface area contributed by atoms with E-state index in [4.69, 9.17) is 14.2 Å². The number of ether oxygens (including phenoxy) is 3. The van der Waals surface area contributed by atoms with Crippen molar-refractivity contribution in [3.63, 3.8) is 0 Å². The van der Waals surface area contributed by atoms with Gasteiger partial charge in [0.25, 0.3) is 0 Å². The lowest BCUT2D eigenvalue weighted by Gasteiger charge is -2.29. The van der Waals surface area contributed by atoms with Crippen molar-refractivity contribution in [1.29, 1.82) is 0 Å². The van der Waals surface area contributed by atoms with Crippen LogP contribution in [0.1, 0.15) is 40.2 Å². The smallest absolute Gasteiger partial charge is 0.408 e. The van der Waals surface area contributed by atoms with E-state index in [2.05, 4.69) is 20.9 Å². The van der Waals surface area contributed by atoms with Gasteiger partial charge in [-0.1, -0.05) is 6.07 Å².